The summed E-state index contributed by atoms with van der Waals surface area (Å²) in [5.41, 5.74) is 1.75. The maximum atomic E-state index is 13.7. The first kappa shape index (κ1) is 29.5. The molecule has 10 heteroatoms. The van der Waals surface area contributed by atoms with E-state index >= 15 is 0 Å². The Balaban J connectivity index is 1.50. The number of hydrogen-bond donors (Lipinski definition) is 3. The van der Waals surface area contributed by atoms with Crippen LogP contribution in [0.4, 0.5) is 18.9 Å². The van der Waals surface area contributed by atoms with Gasteiger partial charge in [0.1, 0.15) is 0 Å². The van der Waals surface area contributed by atoms with Crippen molar-refractivity contribution in [3.63, 3.8) is 0 Å². The van der Waals surface area contributed by atoms with Gasteiger partial charge in [0, 0.05) is 24.2 Å². The lowest BCUT2D eigenvalue weighted by Gasteiger charge is -2.42. The summed E-state index contributed by atoms with van der Waals surface area (Å²) in [6, 6.07) is 19.3. The zero-order chi connectivity index (χ0) is 29.9. The molecule has 220 valence electrons. The van der Waals surface area contributed by atoms with Crippen molar-refractivity contribution in [3.8, 4) is 0 Å². The number of amides is 2. The van der Waals surface area contributed by atoms with Crippen molar-refractivity contribution in [2.75, 3.05) is 18.4 Å². The van der Waals surface area contributed by atoms with E-state index in [1.807, 2.05) is 43.3 Å². The van der Waals surface area contributed by atoms with Crippen LogP contribution in [-0.4, -0.2) is 52.8 Å². The number of rotatable bonds is 9. The highest BCUT2D eigenvalue weighted by Crippen LogP contribution is 2.38. The molecule has 1 aliphatic carbocycles. The van der Waals surface area contributed by atoms with E-state index in [0.29, 0.717) is 48.3 Å². The number of alkyl halides is 3. The first-order valence-electron chi connectivity index (χ1n) is 14.0. The third-order valence-electron chi connectivity index (χ3n) is 8.18. The van der Waals surface area contributed by atoms with Gasteiger partial charge in [0.05, 0.1) is 28.6 Å². The smallest absolute Gasteiger partial charge is 0.387 e. The molecule has 3 N–H and O–H groups in total. The molecule has 3 aromatic carbocycles. The first-order chi connectivity index (χ1) is 20.1. The molecular formula is C32H33F3N4O3. The Kier molecular flexibility index (Phi) is 8.47. The van der Waals surface area contributed by atoms with Gasteiger partial charge in [-0.05, 0) is 43.0 Å². The molecule has 1 heterocycles. The number of aliphatic imine (C=N–C) groups is 1. The van der Waals surface area contributed by atoms with Gasteiger partial charge in [-0.3, -0.25) is 9.59 Å². The van der Waals surface area contributed by atoms with Gasteiger partial charge in [0.2, 0.25) is 12.6 Å². The van der Waals surface area contributed by atoms with E-state index in [9.17, 15) is 27.9 Å². The lowest BCUT2D eigenvalue weighted by Crippen LogP contribution is -2.59. The van der Waals surface area contributed by atoms with Crippen LogP contribution in [0, 0.1) is 6.92 Å². The highest BCUT2D eigenvalue weighted by molar-refractivity contribution is 6.20. The van der Waals surface area contributed by atoms with Crippen LogP contribution in [0.2, 0.25) is 0 Å². The Morgan fingerprint density at radius 2 is 1.76 bits per heavy atom. The average molecular weight is 579 g/mol. The van der Waals surface area contributed by atoms with Crippen LogP contribution in [0.5, 0.6) is 0 Å². The summed E-state index contributed by atoms with van der Waals surface area (Å²) in [5.74, 6) is -0.504. The van der Waals surface area contributed by atoms with Gasteiger partial charge in [0.15, 0.2) is 0 Å². The monoisotopic (exact) mass is 578 g/mol. The molecule has 2 amide bonds. The Bertz CT molecular complexity index is 1450. The van der Waals surface area contributed by atoms with Gasteiger partial charge in [-0.25, -0.2) is 4.99 Å². The first-order valence-corrected chi connectivity index (χ1v) is 14.0. The molecule has 0 saturated heterocycles. The maximum Gasteiger partial charge on any atom is 0.416 e. The van der Waals surface area contributed by atoms with E-state index in [1.165, 1.54) is 17.0 Å². The molecule has 1 aliphatic heterocycles. The third kappa shape index (κ3) is 5.96. The molecule has 1 unspecified atom stereocenters. The zero-order valence-electron chi connectivity index (χ0n) is 23.2. The number of para-hydroxylation sites is 1. The number of carbonyl (C=O) groups is 2. The zero-order valence-corrected chi connectivity index (χ0v) is 23.2. The van der Waals surface area contributed by atoms with Crippen molar-refractivity contribution in [1.29, 1.82) is 0 Å². The standard InChI is InChI=1S/C32H33F3N4O3/c1-21-8-7-11-25-27(21)38-30(42)29(37-28(25)23-12-14-24(15-13-23)32(33,34)35)39(20-40)31(16-5-6-17-31)19-36-18-26(41)22-9-3-2-4-10-22/h2-4,7-15,20,26,29,36,41H,5-6,16-19H2,1H3,(H,38,42)/t26-,29?/m0/s1. The second-order valence-corrected chi connectivity index (χ2v) is 10.9. The topological polar surface area (TPSA) is 94.0 Å². The third-order valence-corrected chi connectivity index (χ3v) is 8.18. The second kappa shape index (κ2) is 12.1. The molecule has 5 rings (SSSR count). The van der Waals surface area contributed by atoms with Crippen LogP contribution in [-0.2, 0) is 15.8 Å². The molecule has 2 atom stereocenters. The highest BCUT2D eigenvalue weighted by atomic mass is 19.4. The Hall–Kier alpha value is -4.02. The number of fused-ring (bicyclic) bond motifs is 1. The number of aliphatic hydroxyl groups excluding tert-OH is 1. The normalized spacial score (nSPS) is 18.8. The predicted octanol–water partition coefficient (Wildman–Crippen LogP) is 5.22. The number of benzodiazepines with no additional fused rings is 1. The summed E-state index contributed by atoms with van der Waals surface area (Å²) in [5, 5.41) is 16.9. The second-order valence-electron chi connectivity index (χ2n) is 10.9. The van der Waals surface area contributed by atoms with Crippen LogP contribution >= 0.6 is 0 Å². The van der Waals surface area contributed by atoms with Crippen LogP contribution in [0.25, 0.3) is 0 Å². The summed E-state index contributed by atoms with van der Waals surface area (Å²) in [6.45, 7) is 2.40. The number of benzene rings is 3. The Labute approximate surface area is 242 Å². The van der Waals surface area contributed by atoms with Crippen molar-refractivity contribution in [2.45, 2.75) is 56.6 Å². The predicted molar refractivity (Wildman–Crippen MR) is 154 cm³/mol. The lowest BCUT2D eigenvalue weighted by atomic mass is 9.94. The Morgan fingerprint density at radius 3 is 2.40 bits per heavy atom. The number of aliphatic hydroxyl groups is 1. The van der Waals surface area contributed by atoms with Gasteiger partial charge >= 0.3 is 6.18 Å². The fraction of sp³-hybridized carbons (Fsp3) is 0.344. The van der Waals surface area contributed by atoms with Gasteiger partial charge in [-0.15, -0.1) is 0 Å². The number of aryl methyl sites for hydroxylation is 1. The number of anilines is 1. The summed E-state index contributed by atoms with van der Waals surface area (Å²) < 4.78 is 39.9. The molecule has 2 aliphatic rings. The van der Waals surface area contributed by atoms with Crippen molar-refractivity contribution < 1.29 is 27.9 Å². The fourth-order valence-electron chi connectivity index (χ4n) is 5.93. The molecular weight excluding hydrogens is 545 g/mol. The van der Waals surface area contributed by atoms with E-state index in [2.05, 4.69) is 10.6 Å². The lowest BCUT2D eigenvalue weighted by molar-refractivity contribution is -0.137. The van der Waals surface area contributed by atoms with Gasteiger partial charge in [-0.1, -0.05) is 73.5 Å². The average Bonchev–Trinajstić information content (AvgIpc) is 3.40. The number of nitrogens with one attached hydrogen (secondary N) is 2. The van der Waals surface area contributed by atoms with E-state index < -0.39 is 35.5 Å². The van der Waals surface area contributed by atoms with Gasteiger partial charge in [-0.2, -0.15) is 13.2 Å². The Morgan fingerprint density at radius 1 is 1.07 bits per heavy atom. The van der Waals surface area contributed by atoms with Crippen LogP contribution in [0.1, 0.15) is 59.6 Å². The maximum absolute atomic E-state index is 13.7. The van der Waals surface area contributed by atoms with E-state index in [1.54, 1.807) is 12.1 Å². The van der Waals surface area contributed by atoms with E-state index in [-0.39, 0.29) is 6.54 Å². The SMILES string of the molecule is Cc1cccc2c1NC(=O)C(N(C=O)C1(CNC[C@H](O)c3ccccc3)CCCC1)N=C2c1ccc(C(F)(F)F)cc1. The van der Waals surface area contributed by atoms with Crippen LogP contribution < -0.4 is 10.6 Å². The largest absolute Gasteiger partial charge is 0.416 e. The minimum absolute atomic E-state index is 0.250. The van der Waals surface area contributed by atoms with Crippen molar-refractivity contribution >= 4 is 23.7 Å². The van der Waals surface area contributed by atoms with Gasteiger partial charge < -0.3 is 20.6 Å². The summed E-state index contributed by atoms with van der Waals surface area (Å²) in [4.78, 5) is 32.8. The molecule has 0 bridgehead atoms. The van der Waals surface area contributed by atoms with E-state index in [0.717, 1.165) is 36.1 Å². The minimum atomic E-state index is -4.50. The molecule has 0 radical (unpaired) electrons. The van der Waals surface area contributed by atoms with Crippen molar-refractivity contribution in [1.82, 2.24) is 10.2 Å². The number of nitrogens with zero attached hydrogens (tertiary/aromatic N) is 2. The highest BCUT2D eigenvalue weighted by Gasteiger charge is 2.45. The van der Waals surface area contributed by atoms with E-state index in [4.69, 9.17) is 4.99 Å². The van der Waals surface area contributed by atoms with Crippen LogP contribution in [0.15, 0.2) is 77.8 Å². The minimum Gasteiger partial charge on any atom is -0.387 e. The van der Waals surface area contributed by atoms with Gasteiger partial charge in [0.25, 0.3) is 5.91 Å². The quantitative estimate of drug-likeness (QED) is 0.304. The van der Waals surface area contributed by atoms with Crippen LogP contribution in [0.3, 0.4) is 0 Å². The summed E-state index contributed by atoms with van der Waals surface area (Å²) in [6.07, 6.45) is -2.93. The molecule has 7 nitrogen and oxygen atoms in total. The summed E-state index contributed by atoms with van der Waals surface area (Å²) in [7, 11) is 0. The molecule has 0 aromatic heterocycles. The number of carbonyl (C=O) groups excluding carboxylic acids is 2. The van der Waals surface area contributed by atoms with Crippen molar-refractivity contribution in [2.24, 2.45) is 4.99 Å². The van der Waals surface area contributed by atoms with Crippen molar-refractivity contribution in [3.05, 3.63) is 101 Å². The number of halogens is 3. The molecule has 42 heavy (non-hydrogen) atoms. The molecule has 1 saturated carbocycles. The molecule has 1 fully saturated rings. The molecule has 3 aromatic rings. The number of hydrogen-bond acceptors (Lipinski definition) is 5. The fourth-order valence-corrected chi connectivity index (χ4v) is 5.93. The summed E-state index contributed by atoms with van der Waals surface area (Å²) >= 11 is 0. The molecule has 0 spiro atoms.